The molecule has 3 heterocycles. The van der Waals surface area contributed by atoms with E-state index in [2.05, 4.69) is 69.2 Å². The van der Waals surface area contributed by atoms with E-state index in [0.29, 0.717) is 29.3 Å². The number of likely N-dealkylation sites (tertiary alicyclic amines) is 1. The average molecular weight is 754 g/mol. The minimum atomic E-state index is -0.459. The number of aromatic amines is 1. The van der Waals surface area contributed by atoms with E-state index in [9.17, 15) is 9.18 Å². The number of ether oxygens (including phenoxy) is 1. The van der Waals surface area contributed by atoms with Crippen molar-refractivity contribution in [3.8, 4) is 17.0 Å². The lowest BCUT2D eigenvalue weighted by Gasteiger charge is -2.30. The number of fused-ring (bicyclic) bond motifs is 1. The number of carbonyl (C=O) groups excluding carboxylic acids is 1. The molecule has 1 aliphatic heterocycles. The Hall–Kier alpha value is -5.13. The molecular formula is C44H60FN7O3. The van der Waals surface area contributed by atoms with Gasteiger partial charge in [0.05, 0.1) is 28.8 Å². The van der Waals surface area contributed by atoms with E-state index < -0.39 is 5.41 Å². The highest BCUT2D eigenvalue weighted by Gasteiger charge is 2.40. The van der Waals surface area contributed by atoms with E-state index >= 15 is 0 Å². The van der Waals surface area contributed by atoms with Crippen molar-refractivity contribution in [3.63, 3.8) is 0 Å². The highest BCUT2D eigenvalue weighted by atomic mass is 19.1. The molecule has 1 saturated heterocycles. The average Bonchev–Trinajstić information content (AvgIpc) is 3.79. The molecule has 11 heteroatoms. The highest BCUT2D eigenvalue weighted by molar-refractivity contribution is 6.00. The predicted octanol–water partition coefficient (Wildman–Crippen LogP) is 9.22. The number of halogens is 1. The molecule has 1 aliphatic rings. The van der Waals surface area contributed by atoms with E-state index in [1.54, 1.807) is 38.4 Å². The van der Waals surface area contributed by atoms with Crippen LogP contribution in [-0.2, 0) is 4.79 Å². The van der Waals surface area contributed by atoms with Gasteiger partial charge in [0.1, 0.15) is 18.2 Å². The summed E-state index contributed by atoms with van der Waals surface area (Å²) in [6.07, 6.45) is 9.20. The topological polar surface area (TPSA) is 120 Å². The van der Waals surface area contributed by atoms with Crippen LogP contribution in [0.2, 0.25) is 0 Å². The van der Waals surface area contributed by atoms with Crippen molar-refractivity contribution >= 4 is 28.1 Å². The van der Waals surface area contributed by atoms with Gasteiger partial charge in [0.15, 0.2) is 5.82 Å². The van der Waals surface area contributed by atoms with Gasteiger partial charge in [0.2, 0.25) is 5.91 Å². The zero-order valence-corrected chi connectivity index (χ0v) is 33.8. The van der Waals surface area contributed by atoms with Gasteiger partial charge in [-0.15, -0.1) is 0 Å². The number of anilines is 1. The van der Waals surface area contributed by atoms with Gasteiger partial charge in [0.25, 0.3) is 0 Å². The molecule has 0 bridgehead atoms. The zero-order chi connectivity index (χ0) is 40.4. The van der Waals surface area contributed by atoms with Crippen molar-refractivity contribution in [1.82, 2.24) is 30.0 Å². The Morgan fingerprint density at radius 1 is 1.11 bits per heavy atom. The van der Waals surface area contributed by atoms with Gasteiger partial charge in [-0.05, 0) is 101 Å². The van der Waals surface area contributed by atoms with Crippen molar-refractivity contribution < 1.29 is 19.0 Å². The minimum Gasteiger partial charge on any atom is -0.491 e. The van der Waals surface area contributed by atoms with Gasteiger partial charge < -0.3 is 20.1 Å². The van der Waals surface area contributed by atoms with E-state index in [-0.39, 0.29) is 24.9 Å². The van der Waals surface area contributed by atoms with Crippen LogP contribution in [0.1, 0.15) is 73.6 Å². The first-order valence-corrected chi connectivity index (χ1v) is 19.3. The second-order valence-corrected chi connectivity index (χ2v) is 13.6. The van der Waals surface area contributed by atoms with E-state index in [1.165, 1.54) is 6.08 Å². The molecule has 2 aromatic carbocycles. The lowest BCUT2D eigenvalue weighted by atomic mass is 9.88. The van der Waals surface area contributed by atoms with Gasteiger partial charge in [-0.2, -0.15) is 5.10 Å². The van der Waals surface area contributed by atoms with Crippen LogP contribution in [0, 0.1) is 5.41 Å². The summed E-state index contributed by atoms with van der Waals surface area (Å²) in [6.45, 7) is 26.6. The first-order valence-electron chi connectivity index (χ1n) is 19.3. The highest BCUT2D eigenvalue weighted by Crippen LogP contribution is 2.34. The van der Waals surface area contributed by atoms with Crippen molar-refractivity contribution in [2.24, 2.45) is 5.41 Å². The quantitative estimate of drug-likeness (QED) is 0.0970. The third kappa shape index (κ3) is 12.7. The van der Waals surface area contributed by atoms with Crippen molar-refractivity contribution in [1.29, 1.82) is 0 Å². The van der Waals surface area contributed by atoms with Crippen molar-refractivity contribution in [2.45, 2.75) is 67.7 Å². The number of aliphatic hydroxyl groups is 1. The molecule has 0 unspecified atom stereocenters. The number of aromatic nitrogens is 4. The Kier molecular flexibility index (Phi) is 17.9. The fourth-order valence-corrected chi connectivity index (χ4v) is 6.28. The number of allylic oxidation sites excluding steroid dienone is 5. The summed E-state index contributed by atoms with van der Waals surface area (Å²) in [4.78, 5) is 26.1. The molecule has 1 fully saturated rings. The summed E-state index contributed by atoms with van der Waals surface area (Å²) in [5.74, 6) is 0.756. The Bertz CT molecular complexity index is 1880. The SMILES string of the molecule is C=C(C)/C=C(F)\C(=C/C)c1ncccn1.C=C(CN1CC[C@@](C)(C(=O)Nc2ccc3[nH]nc(-c4ccc(OCCO)cc4)c3c2)C1)N(CCC)CCC.CC. The maximum absolute atomic E-state index is 13.7. The Labute approximate surface area is 326 Å². The Morgan fingerprint density at radius 2 is 1.78 bits per heavy atom. The summed E-state index contributed by atoms with van der Waals surface area (Å²) in [6, 6.07) is 15.1. The Balaban J connectivity index is 0.000000400. The number of amides is 1. The molecular weight excluding hydrogens is 694 g/mol. The molecule has 0 spiro atoms. The number of carbonyl (C=O) groups is 1. The number of aliphatic hydroxyl groups excluding tert-OH is 1. The Morgan fingerprint density at radius 3 is 2.38 bits per heavy atom. The van der Waals surface area contributed by atoms with E-state index in [4.69, 9.17) is 9.84 Å². The first-order chi connectivity index (χ1) is 26.5. The summed E-state index contributed by atoms with van der Waals surface area (Å²) < 4.78 is 19.1. The second kappa shape index (κ2) is 22.3. The molecule has 3 N–H and O–H groups in total. The van der Waals surface area contributed by atoms with Gasteiger partial charge in [0, 0.05) is 60.9 Å². The third-order valence-electron chi connectivity index (χ3n) is 8.98. The number of nitrogens with one attached hydrogen (secondary N) is 2. The van der Waals surface area contributed by atoms with Crippen LogP contribution in [0.3, 0.4) is 0 Å². The summed E-state index contributed by atoms with van der Waals surface area (Å²) in [5, 5.41) is 20.7. The summed E-state index contributed by atoms with van der Waals surface area (Å²) in [5.41, 5.74) is 5.14. The standard InChI is InChI=1S/C30H41N5O3.C12H13FN2.C2H6/c1-5-14-35(15-6-2)22(3)20-34-16-13-30(4,21-34)29(37)31-24-9-12-27-26(19-24)28(33-32-27)23-7-10-25(11-8-23)38-18-17-36;1-4-10(11(13)8-9(2)3)12-14-6-5-7-15-12;1-2/h7-12,19,36H,3,5-6,13-18,20-21H2,1-2,4H3,(H,31,37)(H,32,33);4-8H,2H2,1,3H3;1-2H3/b;10-4+,11-8+;/t30-;;/m1../s1. The van der Waals surface area contributed by atoms with Crippen molar-refractivity contribution in [2.75, 3.05) is 51.3 Å². The lowest BCUT2D eigenvalue weighted by molar-refractivity contribution is -0.124. The molecule has 5 rings (SSSR count). The third-order valence-corrected chi connectivity index (χ3v) is 8.98. The lowest BCUT2D eigenvalue weighted by Crippen LogP contribution is -2.38. The minimum absolute atomic E-state index is 0.0247. The maximum atomic E-state index is 13.7. The number of rotatable bonds is 16. The van der Waals surface area contributed by atoms with Crippen LogP contribution in [0.15, 0.2) is 103 Å². The van der Waals surface area contributed by atoms with Crippen molar-refractivity contribution in [3.05, 3.63) is 109 Å². The number of hydrogen-bond acceptors (Lipinski definition) is 8. The predicted molar refractivity (Wildman–Crippen MR) is 224 cm³/mol. The van der Waals surface area contributed by atoms with E-state index in [1.807, 2.05) is 56.3 Å². The van der Waals surface area contributed by atoms with Crippen LogP contribution < -0.4 is 10.1 Å². The molecule has 0 aliphatic carbocycles. The molecule has 10 nitrogen and oxygen atoms in total. The fourth-order valence-electron chi connectivity index (χ4n) is 6.28. The smallest absolute Gasteiger partial charge is 0.231 e. The zero-order valence-electron chi connectivity index (χ0n) is 33.8. The van der Waals surface area contributed by atoms with Crippen LogP contribution in [0.5, 0.6) is 5.75 Å². The first kappa shape index (κ1) is 44.3. The normalized spacial score (nSPS) is 15.7. The van der Waals surface area contributed by atoms with Gasteiger partial charge in [-0.1, -0.05) is 52.5 Å². The molecule has 0 saturated carbocycles. The molecule has 0 radical (unpaired) electrons. The maximum Gasteiger partial charge on any atom is 0.231 e. The molecule has 1 amide bonds. The second-order valence-electron chi connectivity index (χ2n) is 13.6. The molecule has 4 aromatic rings. The monoisotopic (exact) mass is 753 g/mol. The molecule has 296 valence electrons. The van der Waals surface area contributed by atoms with Crippen LogP contribution >= 0.6 is 0 Å². The van der Waals surface area contributed by atoms with Gasteiger partial charge >= 0.3 is 0 Å². The summed E-state index contributed by atoms with van der Waals surface area (Å²) >= 11 is 0. The number of nitrogens with zero attached hydrogens (tertiary/aromatic N) is 5. The van der Waals surface area contributed by atoms with E-state index in [0.717, 1.165) is 79.0 Å². The van der Waals surface area contributed by atoms with Crippen LogP contribution in [0.4, 0.5) is 10.1 Å². The van der Waals surface area contributed by atoms with Crippen LogP contribution in [-0.4, -0.2) is 86.9 Å². The van der Waals surface area contributed by atoms with Gasteiger partial charge in [-0.25, -0.2) is 14.4 Å². The number of H-pyrrole nitrogens is 1. The number of hydrogen-bond donors (Lipinski definition) is 3. The fraction of sp³-hybridized carbons (Fsp3) is 0.409. The number of benzene rings is 2. The van der Waals surface area contributed by atoms with Gasteiger partial charge in [-0.3, -0.25) is 14.8 Å². The molecule has 55 heavy (non-hydrogen) atoms. The molecule has 2 aromatic heterocycles. The van der Waals surface area contributed by atoms with Crippen LogP contribution in [0.25, 0.3) is 27.7 Å². The largest absolute Gasteiger partial charge is 0.491 e. The summed E-state index contributed by atoms with van der Waals surface area (Å²) in [7, 11) is 0. The molecule has 1 atom stereocenters.